The van der Waals surface area contributed by atoms with Gasteiger partial charge in [0.1, 0.15) is 17.0 Å². The van der Waals surface area contributed by atoms with Gasteiger partial charge in [0.05, 0.1) is 47.1 Å². The predicted octanol–water partition coefficient (Wildman–Crippen LogP) is 4.74. The minimum atomic E-state index is -2.74. The van der Waals surface area contributed by atoms with E-state index in [9.17, 15) is 13.6 Å². The third kappa shape index (κ3) is 3.90. The van der Waals surface area contributed by atoms with Gasteiger partial charge in [0, 0.05) is 51.6 Å². The maximum atomic E-state index is 14.5. The number of benzene rings is 2. The van der Waals surface area contributed by atoms with Crippen molar-refractivity contribution in [2.24, 2.45) is 28.2 Å². The number of ether oxygens (including phenoxy) is 1. The van der Waals surface area contributed by atoms with Gasteiger partial charge in [0.25, 0.3) is 6.43 Å². The quantitative estimate of drug-likeness (QED) is 0.301. The molecule has 0 saturated carbocycles. The fourth-order valence-electron chi connectivity index (χ4n) is 5.20. The highest BCUT2D eigenvalue weighted by molar-refractivity contribution is 5.91. The Bertz CT molecular complexity index is 1970. The topological polar surface area (TPSA) is 89.6 Å². The Morgan fingerprint density at radius 2 is 1.73 bits per heavy atom. The summed E-state index contributed by atoms with van der Waals surface area (Å²) < 4.78 is 43.5. The number of halogens is 2. The molecule has 6 aromatic rings. The SMILES string of the molecule is CC(C)Oc1cc(-n2c(-c3cncn3C)nc3cc(-c4cnn(C)c4)c(C(F)F)cc32)cc2c1n(C)c(=O)n2C. The van der Waals surface area contributed by atoms with Crippen LogP contribution >= 0.6 is 0 Å². The van der Waals surface area contributed by atoms with Crippen molar-refractivity contribution >= 4 is 22.1 Å². The molecule has 0 radical (unpaired) electrons. The maximum absolute atomic E-state index is 14.5. The smallest absolute Gasteiger partial charge is 0.328 e. The van der Waals surface area contributed by atoms with Crippen molar-refractivity contribution in [1.82, 2.24) is 38.0 Å². The van der Waals surface area contributed by atoms with Gasteiger partial charge in [0.2, 0.25) is 0 Å². The van der Waals surface area contributed by atoms with Gasteiger partial charge in [-0.2, -0.15) is 5.10 Å². The highest BCUT2D eigenvalue weighted by Crippen LogP contribution is 2.39. The van der Waals surface area contributed by atoms with E-state index >= 15 is 0 Å². The standard InChI is InChI=1S/C28H28F2N8O2/c1-15(2)40-24-8-17(7-22-25(24)37(6)28(39)36(22)5)38-21-10-19(26(29)30)18(16-11-32-35(4)13-16)9-20(21)33-27(38)23-12-31-14-34(23)3/h7-15,26H,1-6H3. The molecule has 0 aliphatic rings. The lowest BCUT2D eigenvalue weighted by Gasteiger charge is -2.16. The van der Waals surface area contributed by atoms with Crippen LogP contribution in [0.4, 0.5) is 8.78 Å². The Morgan fingerprint density at radius 1 is 0.950 bits per heavy atom. The van der Waals surface area contributed by atoms with Crippen LogP contribution in [0.2, 0.25) is 0 Å². The molecule has 206 valence electrons. The summed E-state index contributed by atoms with van der Waals surface area (Å²) >= 11 is 0. The van der Waals surface area contributed by atoms with Crippen LogP contribution in [0.15, 0.2) is 54.0 Å². The molecule has 0 fully saturated rings. The van der Waals surface area contributed by atoms with Crippen LogP contribution in [0.1, 0.15) is 25.8 Å². The van der Waals surface area contributed by atoms with E-state index in [0.29, 0.717) is 56.1 Å². The zero-order valence-corrected chi connectivity index (χ0v) is 22.9. The van der Waals surface area contributed by atoms with E-state index in [1.807, 2.05) is 42.2 Å². The van der Waals surface area contributed by atoms with Gasteiger partial charge in [0.15, 0.2) is 5.82 Å². The molecule has 0 N–H and O–H groups in total. The van der Waals surface area contributed by atoms with Crippen molar-refractivity contribution in [2.75, 3.05) is 0 Å². The van der Waals surface area contributed by atoms with Crippen molar-refractivity contribution in [2.45, 2.75) is 26.4 Å². The summed E-state index contributed by atoms with van der Waals surface area (Å²) in [4.78, 5) is 22.1. The summed E-state index contributed by atoms with van der Waals surface area (Å²) in [5.41, 5.74) is 4.18. The van der Waals surface area contributed by atoms with Crippen LogP contribution < -0.4 is 10.4 Å². The number of imidazole rings is 3. The van der Waals surface area contributed by atoms with Gasteiger partial charge in [-0.3, -0.25) is 18.4 Å². The van der Waals surface area contributed by atoms with Gasteiger partial charge in [-0.1, -0.05) is 0 Å². The number of fused-ring (bicyclic) bond motifs is 2. The molecule has 10 nitrogen and oxygen atoms in total. The summed E-state index contributed by atoms with van der Waals surface area (Å²) in [6, 6.07) is 6.82. The number of hydrogen-bond acceptors (Lipinski definition) is 5. The highest BCUT2D eigenvalue weighted by Gasteiger charge is 2.25. The lowest BCUT2D eigenvalue weighted by Crippen LogP contribution is -2.19. The summed E-state index contributed by atoms with van der Waals surface area (Å²) in [6.07, 6.45) is 3.69. The molecule has 2 aromatic carbocycles. The predicted molar refractivity (Wildman–Crippen MR) is 148 cm³/mol. The third-order valence-corrected chi connectivity index (χ3v) is 7.05. The number of alkyl halides is 2. The summed E-state index contributed by atoms with van der Waals surface area (Å²) in [6.45, 7) is 3.81. The first-order chi connectivity index (χ1) is 19.0. The van der Waals surface area contributed by atoms with E-state index in [-0.39, 0.29) is 17.4 Å². The number of hydrogen-bond donors (Lipinski definition) is 0. The molecular formula is C28H28F2N8O2. The second kappa shape index (κ2) is 9.18. The van der Waals surface area contributed by atoms with E-state index in [4.69, 9.17) is 9.72 Å². The Kier molecular flexibility index (Phi) is 5.86. The van der Waals surface area contributed by atoms with Gasteiger partial charge < -0.3 is 9.30 Å². The normalized spacial score (nSPS) is 12.1. The van der Waals surface area contributed by atoms with E-state index in [2.05, 4.69) is 10.1 Å². The van der Waals surface area contributed by atoms with Crippen molar-refractivity contribution in [3.05, 3.63) is 65.2 Å². The Labute approximate surface area is 227 Å². The minimum absolute atomic E-state index is 0.134. The molecule has 4 aromatic heterocycles. The van der Waals surface area contributed by atoms with E-state index in [0.717, 1.165) is 0 Å². The van der Waals surface area contributed by atoms with E-state index < -0.39 is 6.43 Å². The molecule has 6 rings (SSSR count). The fraction of sp³-hybridized carbons (Fsp3) is 0.286. The molecule has 12 heteroatoms. The molecular weight excluding hydrogens is 518 g/mol. The molecule has 0 bridgehead atoms. The lowest BCUT2D eigenvalue weighted by atomic mass is 10.0. The highest BCUT2D eigenvalue weighted by atomic mass is 19.3. The Morgan fingerprint density at radius 3 is 2.35 bits per heavy atom. The van der Waals surface area contributed by atoms with Crippen LogP contribution in [0.5, 0.6) is 5.75 Å². The second-order valence-electron chi connectivity index (χ2n) is 10.2. The molecule has 0 saturated heterocycles. The summed E-state index contributed by atoms with van der Waals surface area (Å²) in [5.74, 6) is 1.01. The van der Waals surface area contributed by atoms with Gasteiger partial charge in [-0.05, 0) is 37.6 Å². The van der Waals surface area contributed by atoms with Crippen LogP contribution in [-0.2, 0) is 28.2 Å². The minimum Gasteiger partial charge on any atom is -0.489 e. The third-order valence-electron chi connectivity index (χ3n) is 7.05. The average Bonchev–Trinajstić information content (AvgIpc) is 3.66. The second-order valence-corrected chi connectivity index (χ2v) is 10.2. The zero-order chi connectivity index (χ0) is 28.5. The van der Waals surface area contributed by atoms with Crippen LogP contribution in [-0.4, -0.2) is 44.1 Å². The van der Waals surface area contributed by atoms with Crippen molar-refractivity contribution in [3.8, 4) is 34.1 Å². The van der Waals surface area contributed by atoms with Gasteiger partial charge in [-0.25, -0.2) is 23.5 Å². The van der Waals surface area contributed by atoms with E-state index in [1.165, 1.54) is 6.07 Å². The largest absolute Gasteiger partial charge is 0.489 e. The summed E-state index contributed by atoms with van der Waals surface area (Å²) in [7, 11) is 6.97. The molecule has 0 spiro atoms. The first-order valence-electron chi connectivity index (χ1n) is 12.7. The maximum Gasteiger partial charge on any atom is 0.328 e. The lowest BCUT2D eigenvalue weighted by molar-refractivity contribution is 0.152. The van der Waals surface area contributed by atoms with Crippen molar-refractivity contribution in [3.63, 3.8) is 0 Å². The number of rotatable bonds is 6. The van der Waals surface area contributed by atoms with Crippen molar-refractivity contribution in [1.29, 1.82) is 0 Å². The van der Waals surface area contributed by atoms with Crippen LogP contribution in [0.25, 0.3) is 50.4 Å². The average molecular weight is 547 g/mol. The van der Waals surface area contributed by atoms with E-state index in [1.54, 1.807) is 65.9 Å². The number of aromatic nitrogens is 8. The van der Waals surface area contributed by atoms with Gasteiger partial charge in [-0.15, -0.1) is 0 Å². The first-order valence-corrected chi connectivity index (χ1v) is 12.7. The fourth-order valence-corrected chi connectivity index (χ4v) is 5.20. The zero-order valence-electron chi connectivity index (χ0n) is 22.9. The Balaban J connectivity index is 1.73. The molecule has 0 unspecified atom stereocenters. The van der Waals surface area contributed by atoms with Crippen LogP contribution in [0.3, 0.4) is 0 Å². The summed E-state index contributed by atoms with van der Waals surface area (Å²) in [5, 5.41) is 4.17. The van der Waals surface area contributed by atoms with Gasteiger partial charge >= 0.3 is 5.69 Å². The number of nitrogens with zero attached hydrogens (tertiary/aromatic N) is 8. The Hall–Kier alpha value is -4.74. The molecule has 4 heterocycles. The van der Waals surface area contributed by atoms with Crippen molar-refractivity contribution < 1.29 is 13.5 Å². The monoisotopic (exact) mass is 546 g/mol. The molecule has 0 amide bonds. The molecule has 0 aliphatic heterocycles. The molecule has 40 heavy (non-hydrogen) atoms. The number of aryl methyl sites for hydroxylation is 4. The van der Waals surface area contributed by atoms with Crippen LogP contribution in [0, 0.1) is 0 Å². The molecule has 0 atom stereocenters. The molecule has 0 aliphatic carbocycles. The first kappa shape index (κ1) is 25.5.